The number of hydrogen-bond acceptors (Lipinski definition) is 1. The summed E-state index contributed by atoms with van der Waals surface area (Å²) < 4.78 is 25.3. The molecule has 65 valence electrons. The average Bonchev–Trinajstić information content (AvgIpc) is 1.99. The largest absolute Gasteiger partial charge is 0.386 e. The second kappa shape index (κ2) is 4.44. The summed E-state index contributed by atoms with van der Waals surface area (Å²) in [6, 6.07) is 0. The van der Waals surface area contributed by atoms with E-state index < -0.39 is 12.0 Å². The summed E-state index contributed by atoms with van der Waals surface area (Å²) in [5.74, 6) is -3.13. The van der Waals surface area contributed by atoms with Gasteiger partial charge in [0, 0.05) is 0 Å². The number of halogens is 2. The maximum absolute atomic E-state index is 12.6. The van der Waals surface area contributed by atoms with Gasteiger partial charge in [-0.05, 0) is 18.9 Å². The van der Waals surface area contributed by atoms with Gasteiger partial charge in [-0.1, -0.05) is 19.9 Å². The molecule has 0 aromatic rings. The van der Waals surface area contributed by atoms with Crippen molar-refractivity contribution in [2.75, 3.05) is 0 Å². The maximum Gasteiger partial charge on any atom is 0.291 e. The highest BCUT2D eigenvalue weighted by atomic mass is 19.3. The molecule has 1 radical (unpaired) electrons. The van der Waals surface area contributed by atoms with E-state index in [-0.39, 0.29) is 6.42 Å². The van der Waals surface area contributed by atoms with Crippen molar-refractivity contribution in [3.8, 4) is 0 Å². The van der Waals surface area contributed by atoms with Crippen LogP contribution in [0.2, 0.25) is 0 Å². The van der Waals surface area contributed by atoms with Gasteiger partial charge in [-0.25, -0.2) is 0 Å². The van der Waals surface area contributed by atoms with E-state index >= 15 is 0 Å². The van der Waals surface area contributed by atoms with Gasteiger partial charge in [0.15, 0.2) is 0 Å². The molecule has 0 aromatic carbocycles. The minimum Gasteiger partial charge on any atom is -0.386 e. The van der Waals surface area contributed by atoms with Crippen LogP contribution in [0.15, 0.2) is 12.2 Å². The Morgan fingerprint density at radius 3 is 2.55 bits per heavy atom. The predicted octanol–water partition coefficient (Wildman–Crippen LogP) is 2.17. The quantitative estimate of drug-likeness (QED) is 0.630. The lowest BCUT2D eigenvalue weighted by atomic mass is 10.1. The molecule has 1 unspecified atom stereocenters. The monoisotopic (exact) mass is 163 g/mol. The Labute approximate surface area is 65.7 Å². The molecule has 1 nitrogen and oxygen atoms in total. The molecule has 0 bridgehead atoms. The summed E-state index contributed by atoms with van der Waals surface area (Å²) in [6.45, 7) is 4.95. The van der Waals surface area contributed by atoms with Crippen LogP contribution in [-0.4, -0.2) is 17.1 Å². The zero-order valence-electron chi connectivity index (χ0n) is 6.56. The Hall–Kier alpha value is -0.440. The standard InChI is InChI=1S/C8H13F2O/c1-3-5-6-8(9,10)7(11)4-2/h5-7,11H,2-4H2,1H3/b6-5-. The van der Waals surface area contributed by atoms with Gasteiger partial charge in [0.1, 0.15) is 6.10 Å². The lowest BCUT2D eigenvalue weighted by Crippen LogP contribution is -2.30. The van der Waals surface area contributed by atoms with E-state index in [9.17, 15) is 8.78 Å². The van der Waals surface area contributed by atoms with E-state index in [4.69, 9.17) is 5.11 Å². The lowest BCUT2D eigenvalue weighted by Gasteiger charge is -2.16. The lowest BCUT2D eigenvalue weighted by molar-refractivity contribution is -0.0676. The van der Waals surface area contributed by atoms with Gasteiger partial charge in [-0.15, -0.1) is 0 Å². The van der Waals surface area contributed by atoms with Crippen molar-refractivity contribution < 1.29 is 13.9 Å². The smallest absolute Gasteiger partial charge is 0.291 e. The van der Waals surface area contributed by atoms with E-state index in [1.54, 1.807) is 6.92 Å². The van der Waals surface area contributed by atoms with Crippen LogP contribution in [0.5, 0.6) is 0 Å². The van der Waals surface area contributed by atoms with Gasteiger partial charge in [0.05, 0.1) is 0 Å². The third-order valence-electron chi connectivity index (χ3n) is 1.29. The first kappa shape index (κ1) is 10.6. The normalized spacial score (nSPS) is 15.7. The average molecular weight is 163 g/mol. The van der Waals surface area contributed by atoms with Gasteiger partial charge in [0.25, 0.3) is 5.92 Å². The van der Waals surface area contributed by atoms with Gasteiger partial charge in [-0.2, -0.15) is 8.78 Å². The van der Waals surface area contributed by atoms with Gasteiger partial charge < -0.3 is 5.11 Å². The van der Waals surface area contributed by atoms with Gasteiger partial charge in [0.2, 0.25) is 0 Å². The third kappa shape index (κ3) is 3.46. The summed E-state index contributed by atoms with van der Waals surface area (Å²) in [7, 11) is 0. The van der Waals surface area contributed by atoms with Crippen molar-refractivity contribution in [3.05, 3.63) is 19.1 Å². The first-order valence-corrected chi connectivity index (χ1v) is 3.57. The minimum atomic E-state index is -3.13. The molecular weight excluding hydrogens is 150 g/mol. The molecule has 0 amide bonds. The van der Waals surface area contributed by atoms with E-state index in [2.05, 4.69) is 6.92 Å². The number of alkyl halides is 2. The number of hydrogen-bond donors (Lipinski definition) is 1. The Bertz CT molecular complexity index is 132. The zero-order valence-corrected chi connectivity index (χ0v) is 6.56. The molecule has 0 aliphatic rings. The molecule has 0 rings (SSSR count). The second-order valence-corrected chi connectivity index (χ2v) is 2.29. The molecule has 0 fully saturated rings. The Kier molecular flexibility index (Phi) is 4.26. The third-order valence-corrected chi connectivity index (χ3v) is 1.29. The highest BCUT2D eigenvalue weighted by Gasteiger charge is 2.33. The van der Waals surface area contributed by atoms with Crippen LogP contribution >= 0.6 is 0 Å². The summed E-state index contributed by atoms with van der Waals surface area (Å²) in [4.78, 5) is 0. The van der Waals surface area contributed by atoms with Crippen LogP contribution in [0.25, 0.3) is 0 Å². The minimum absolute atomic E-state index is 0.180. The molecule has 1 N–H and O–H groups in total. The number of aliphatic hydroxyl groups excluding tert-OH is 1. The summed E-state index contributed by atoms with van der Waals surface area (Å²) in [5, 5.41) is 8.75. The van der Waals surface area contributed by atoms with Crippen molar-refractivity contribution >= 4 is 0 Å². The molecule has 3 heteroatoms. The highest BCUT2D eigenvalue weighted by molar-refractivity contribution is 4.98. The molecular formula is C8H13F2O. The Morgan fingerprint density at radius 2 is 2.18 bits per heavy atom. The topological polar surface area (TPSA) is 20.2 Å². The molecule has 0 aliphatic heterocycles. The second-order valence-electron chi connectivity index (χ2n) is 2.29. The molecule has 0 saturated heterocycles. The van der Waals surface area contributed by atoms with Crippen LogP contribution in [0.1, 0.15) is 19.8 Å². The predicted molar refractivity (Wildman–Crippen MR) is 40.4 cm³/mol. The fourth-order valence-electron chi connectivity index (χ4n) is 0.578. The van der Waals surface area contributed by atoms with E-state index in [1.165, 1.54) is 6.08 Å². The molecule has 0 saturated carbocycles. The number of aliphatic hydroxyl groups is 1. The summed E-state index contributed by atoms with van der Waals surface area (Å²) in [6.07, 6.45) is 0.757. The fourth-order valence-corrected chi connectivity index (χ4v) is 0.578. The summed E-state index contributed by atoms with van der Waals surface area (Å²) in [5.41, 5.74) is 0. The SMILES string of the molecule is [CH2]CC(O)C(F)(F)/C=C\CC. The first-order chi connectivity index (χ1) is 5.04. The van der Waals surface area contributed by atoms with Crippen molar-refractivity contribution in [2.24, 2.45) is 0 Å². The van der Waals surface area contributed by atoms with Crippen LogP contribution in [0.3, 0.4) is 0 Å². The number of rotatable bonds is 4. The molecule has 11 heavy (non-hydrogen) atoms. The fraction of sp³-hybridized carbons (Fsp3) is 0.625. The van der Waals surface area contributed by atoms with Crippen LogP contribution in [-0.2, 0) is 0 Å². The van der Waals surface area contributed by atoms with Gasteiger partial charge in [-0.3, -0.25) is 0 Å². The van der Waals surface area contributed by atoms with Crippen LogP contribution < -0.4 is 0 Å². The molecule has 1 atom stereocenters. The zero-order chi connectivity index (χ0) is 8.91. The summed E-state index contributed by atoms with van der Waals surface area (Å²) >= 11 is 0. The Balaban J connectivity index is 4.08. The van der Waals surface area contributed by atoms with Gasteiger partial charge >= 0.3 is 0 Å². The van der Waals surface area contributed by atoms with Crippen LogP contribution in [0.4, 0.5) is 8.78 Å². The van der Waals surface area contributed by atoms with Crippen LogP contribution in [0, 0.1) is 6.92 Å². The maximum atomic E-state index is 12.6. The molecule has 0 heterocycles. The van der Waals surface area contributed by atoms with Crippen molar-refractivity contribution in [2.45, 2.75) is 31.8 Å². The number of allylic oxidation sites excluding steroid dienone is 1. The molecule has 0 aliphatic carbocycles. The molecule has 0 aromatic heterocycles. The van der Waals surface area contributed by atoms with Crippen molar-refractivity contribution in [1.82, 2.24) is 0 Å². The highest BCUT2D eigenvalue weighted by Crippen LogP contribution is 2.22. The Morgan fingerprint density at radius 1 is 1.64 bits per heavy atom. The van der Waals surface area contributed by atoms with E-state index in [0.717, 1.165) is 6.08 Å². The van der Waals surface area contributed by atoms with E-state index in [0.29, 0.717) is 6.42 Å². The van der Waals surface area contributed by atoms with Crippen molar-refractivity contribution in [1.29, 1.82) is 0 Å². The first-order valence-electron chi connectivity index (χ1n) is 3.57. The van der Waals surface area contributed by atoms with Crippen molar-refractivity contribution in [3.63, 3.8) is 0 Å². The van der Waals surface area contributed by atoms with E-state index in [1.807, 2.05) is 0 Å². The molecule has 0 spiro atoms.